The summed E-state index contributed by atoms with van der Waals surface area (Å²) in [4.78, 5) is 17.3. The highest BCUT2D eigenvalue weighted by atomic mass is 16.5. The minimum absolute atomic E-state index is 0.253. The van der Waals surface area contributed by atoms with Crippen molar-refractivity contribution in [3.63, 3.8) is 0 Å². The SMILES string of the molecule is COc1ncc(-c2cc(C3CC3c3cccnc3)c3nccn3n2)c(OC)n1. The lowest BCUT2D eigenvalue weighted by Crippen LogP contribution is -2.02. The van der Waals surface area contributed by atoms with Crippen LogP contribution in [0.2, 0.25) is 0 Å². The van der Waals surface area contributed by atoms with Gasteiger partial charge in [-0.05, 0) is 36.0 Å². The van der Waals surface area contributed by atoms with Gasteiger partial charge in [-0.25, -0.2) is 14.5 Å². The molecule has 4 aromatic rings. The van der Waals surface area contributed by atoms with Crippen LogP contribution in [0.4, 0.5) is 0 Å². The van der Waals surface area contributed by atoms with Gasteiger partial charge in [0.05, 0.1) is 25.5 Å². The van der Waals surface area contributed by atoms with Gasteiger partial charge in [-0.3, -0.25) is 4.98 Å². The number of fused-ring (bicyclic) bond motifs is 1. The molecular formula is C20H18N6O2. The Labute approximate surface area is 161 Å². The van der Waals surface area contributed by atoms with Crippen LogP contribution in [-0.2, 0) is 0 Å². The fraction of sp³-hybridized carbons (Fsp3) is 0.250. The molecule has 0 aromatic carbocycles. The Morgan fingerprint density at radius 2 is 2.00 bits per heavy atom. The highest BCUT2D eigenvalue weighted by Gasteiger charge is 2.41. The van der Waals surface area contributed by atoms with Gasteiger partial charge in [0.2, 0.25) is 5.88 Å². The fourth-order valence-electron chi connectivity index (χ4n) is 3.63. The lowest BCUT2D eigenvalue weighted by Gasteiger charge is -2.10. The smallest absolute Gasteiger partial charge is 0.319 e. The fourth-order valence-corrected chi connectivity index (χ4v) is 3.63. The molecule has 28 heavy (non-hydrogen) atoms. The first-order chi connectivity index (χ1) is 13.8. The molecule has 4 aromatic heterocycles. The summed E-state index contributed by atoms with van der Waals surface area (Å²) in [6, 6.07) is 6.43. The summed E-state index contributed by atoms with van der Waals surface area (Å²) in [7, 11) is 3.09. The van der Waals surface area contributed by atoms with Crippen molar-refractivity contribution in [2.45, 2.75) is 18.3 Å². The van der Waals surface area contributed by atoms with Crippen LogP contribution in [0.15, 0.2) is 49.2 Å². The van der Waals surface area contributed by atoms with Gasteiger partial charge in [-0.1, -0.05) is 6.07 Å². The predicted octanol–water partition coefficient (Wildman–Crippen LogP) is 2.87. The average Bonchev–Trinajstić information content (AvgIpc) is 3.41. The van der Waals surface area contributed by atoms with Crippen molar-refractivity contribution < 1.29 is 9.47 Å². The first-order valence-electron chi connectivity index (χ1n) is 8.98. The number of aromatic nitrogens is 6. The summed E-state index contributed by atoms with van der Waals surface area (Å²) in [5.74, 6) is 1.24. The molecular weight excluding hydrogens is 356 g/mol. The minimum Gasteiger partial charge on any atom is -0.480 e. The Bertz CT molecular complexity index is 1140. The first kappa shape index (κ1) is 16.6. The molecule has 0 spiro atoms. The third-order valence-electron chi connectivity index (χ3n) is 5.07. The second-order valence-corrected chi connectivity index (χ2v) is 6.70. The van der Waals surface area contributed by atoms with E-state index in [9.17, 15) is 0 Å². The van der Waals surface area contributed by atoms with Gasteiger partial charge in [0.25, 0.3) is 0 Å². The summed E-state index contributed by atoms with van der Waals surface area (Å²) in [5, 5.41) is 4.68. The van der Waals surface area contributed by atoms with Crippen molar-refractivity contribution in [3.05, 3.63) is 60.3 Å². The monoisotopic (exact) mass is 374 g/mol. The van der Waals surface area contributed by atoms with E-state index in [1.165, 1.54) is 12.7 Å². The normalized spacial score (nSPS) is 18.2. The molecule has 4 heterocycles. The van der Waals surface area contributed by atoms with E-state index < -0.39 is 0 Å². The summed E-state index contributed by atoms with van der Waals surface area (Å²) >= 11 is 0. The van der Waals surface area contributed by atoms with Crippen LogP contribution in [0.5, 0.6) is 11.9 Å². The maximum Gasteiger partial charge on any atom is 0.319 e. The molecule has 1 aliphatic rings. The number of pyridine rings is 1. The Morgan fingerprint density at radius 3 is 2.79 bits per heavy atom. The number of hydrogen-bond acceptors (Lipinski definition) is 7. The molecule has 0 saturated heterocycles. The van der Waals surface area contributed by atoms with E-state index in [-0.39, 0.29) is 6.01 Å². The highest BCUT2D eigenvalue weighted by molar-refractivity contribution is 5.68. The molecule has 1 aliphatic carbocycles. The Balaban J connectivity index is 1.60. The predicted molar refractivity (Wildman–Crippen MR) is 101 cm³/mol. The molecule has 1 saturated carbocycles. The summed E-state index contributed by atoms with van der Waals surface area (Å²) in [6.45, 7) is 0. The van der Waals surface area contributed by atoms with Crippen LogP contribution < -0.4 is 9.47 Å². The number of ether oxygens (including phenoxy) is 2. The van der Waals surface area contributed by atoms with Crippen molar-refractivity contribution in [3.8, 4) is 23.1 Å². The summed E-state index contributed by atoms with van der Waals surface area (Å²) < 4.78 is 12.3. The van der Waals surface area contributed by atoms with E-state index in [2.05, 4.69) is 37.2 Å². The van der Waals surface area contributed by atoms with Crippen molar-refractivity contribution >= 4 is 5.65 Å². The molecule has 8 heteroatoms. The number of rotatable bonds is 5. The van der Waals surface area contributed by atoms with Crippen LogP contribution in [0.1, 0.15) is 29.4 Å². The third-order valence-corrected chi connectivity index (χ3v) is 5.07. The van der Waals surface area contributed by atoms with Crippen molar-refractivity contribution in [1.29, 1.82) is 0 Å². The maximum atomic E-state index is 5.44. The van der Waals surface area contributed by atoms with Crippen LogP contribution in [-0.4, -0.2) is 43.8 Å². The lowest BCUT2D eigenvalue weighted by molar-refractivity contribution is 0.353. The molecule has 5 rings (SSSR count). The molecule has 2 atom stereocenters. The molecule has 2 unspecified atom stereocenters. The molecule has 0 aliphatic heterocycles. The van der Waals surface area contributed by atoms with E-state index >= 15 is 0 Å². The molecule has 1 fully saturated rings. The Kier molecular flexibility index (Phi) is 3.89. The molecule has 140 valence electrons. The quantitative estimate of drug-likeness (QED) is 0.531. The van der Waals surface area contributed by atoms with Gasteiger partial charge < -0.3 is 9.47 Å². The van der Waals surface area contributed by atoms with Crippen LogP contribution >= 0.6 is 0 Å². The van der Waals surface area contributed by atoms with Gasteiger partial charge in [-0.15, -0.1) is 0 Å². The maximum absolute atomic E-state index is 5.44. The van der Waals surface area contributed by atoms with Crippen LogP contribution in [0, 0.1) is 0 Å². The van der Waals surface area contributed by atoms with E-state index in [1.54, 1.807) is 30.2 Å². The number of hydrogen-bond donors (Lipinski definition) is 0. The third kappa shape index (κ3) is 2.74. The van der Waals surface area contributed by atoms with Crippen LogP contribution in [0.3, 0.4) is 0 Å². The van der Waals surface area contributed by atoms with Crippen molar-refractivity contribution in [2.24, 2.45) is 0 Å². The Hall–Kier alpha value is -3.55. The molecule has 0 amide bonds. The molecule has 0 N–H and O–H groups in total. The number of imidazole rings is 1. The second-order valence-electron chi connectivity index (χ2n) is 6.70. The molecule has 0 bridgehead atoms. The standard InChI is InChI=1S/C20H18N6O2/c1-27-19-16(11-23-20(24-19)28-2)17-9-15(18-22-6-7-26(18)25-17)14-8-13(14)12-4-3-5-21-10-12/h3-7,9-11,13-14H,8H2,1-2H3. The van der Waals surface area contributed by atoms with Crippen molar-refractivity contribution in [1.82, 2.24) is 29.5 Å². The van der Waals surface area contributed by atoms with E-state index in [0.717, 1.165) is 23.3 Å². The summed E-state index contributed by atoms with van der Waals surface area (Å²) in [5.41, 5.74) is 4.71. The summed E-state index contributed by atoms with van der Waals surface area (Å²) in [6.07, 6.45) is 10.1. The van der Waals surface area contributed by atoms with E-state index in [0.29, 0.717) is 23.3 Å². The first-order valence-corrected chi connectivity index (χ1v) is 8.98. The molecule has 0 radical (unpaired) electrons. The largest absolute Gasteiger partial charge is 0.480 e. The van der Waals surface area contributed by atoms with Gasteiger partial charge >= 0.3 is 6.01 Å². The number of nitrogens with zero attached hydrogens (tertiary/aromatic N) is 6. The Morgan fingerprint density at radius 1 is 1.07 bits per heavy atom. The second kappa shape index (κ2) is 6.56. The number of methoxy groups -OCH3 is 2. The zero-order valence-corrected chi connectivity index (χ0v) is 15.5. The van der Waals surface area contributed by atoms with Gasteiger partial charge in [0.15, 0.2) is 5.65 Å². The topological polar surface area (TPSA) is 87.3 Å². The highest BCUT2D eigenvalue weighted by Crippen LogP contribution is 2.55. The van der Waals surface area contributed by atoms with E-state index in [1.807, 2.05) is 18.5 Å². The van der Waals surface area contributed by atoms with Crippen molar-refractivity contribution in [2.75, 3.05) is 14.2 Å². The molecule has 8 nitrogen and oxygen atoms in total. The lowest BCUT2D eigenvalue weighted by atomic mass is 10.1. The van der Waals surface area contributed by atoms with Gasteiger partial charge in [0, 0.05) is 36.5 Å². The average molecular weight is 374 g/mol. The zero-order valence-electron chi connectivity index (χ0n) is 15.5. The zero-order chi connectivity index (χ0) is 19.1. The van der Waals surface area contributed by atoms with E-state index in [4.69, 9.17) is 9.47 Å². The van der Waals surface area contributed by atoms with Gasteiger partial charge in [-0.2, -0.15) is 10.1 Å². The van der Waals surface area contributed by atoms with Crippen LogP contribution in [0.25, 0.3) is 16.9 Å². The minimum atomic E-state index is 0.253. The van der Waals surface area contributed by atoms with Gasteiger partial charge in [0.1, 0.15) is 0 Å².